The Morgan fingerprint density at radius 1 is 1.03 bits per heavy atom. The van der Waals surface area contributed by atoms with E-state index in [-0.39, 0.29) is 10.5 Å². The Bertz CT molecular complexity index is 1220. The molecule has 8 heteroatoms. The molecule has 0 fully saturated rings. The van der Waals surface area contributed by atoms with Gasteiger partial charge in [0.2, 0.25) is 0 Å². The van der Waals surface area contributed by atoms with E-state index in [1.165, 1.54) is 38.4 Å². The summed E-state index contributed by atoms with van der Waals surface area (Å²) in [7, 11) is -1.33. The van der Waals surface area contributed by atoms with E-state index >= 15 is 0 Å². The first kappa shape index (κ1) is 21.2. The number of amides is 1. The zero-order valence-corrected chi connectivity index (χ0v) is 17.2. The zero-order valence-electron chi connectivity index (χ0n) is 16.4. The van der Waals surface area contributed by atoms with Crippen LogP contribution in [0.1, 0.15) is 21.6 Å². The number of aromatic nitrogens is 1. The number of sulfonamides is 1. The maximum absolute atomic E-state index is 12.6. The molecular weight excluding hydrogens is 402 g/mol. The molecule has 0 aliphatic heterocycles. The number of anilines is 1. The molecule has 0 bridgehead atoms. The fraction of sp³-hybridized carbons (Fsp3) is 0.0909. The van der Waals surface area contributed by atoms with E-state index in [1.54, 1.807) is 30.5 Å². The average molecular weight is 421 g/mol. The van der Waals surface area contributed by atoms with Crippen molar-refractivity contribution >= 4 is 21.6 Å². The number of hydroxylamine groups is 1. The summed E-state index contributed by atoms with van der Waals surface area (Å²) in [5.41, 5.74) is 2.09. The lowest BCUT2D eigenvalue weighted by atomic mass is 10.1. The van der Waals surface area contributed by atoms with Gasteiger partial charge in [-0.3, -0.25) is 9.63 Å². The second-order valence-corrected chi connectivity index (χ2v) is 8.06. The third-order valence-electron chi connectivity index (χ3n) is 4.11. The summed E-state index contributed by atoms with van der Waals surface area (Å²) in [4.78, 5) is 21.5. The van der Waals surface area contributed by atoms with Crippen molar-refractivity contribution in [3.63, 3.8) is 0 Å². The Balaban J connectivity index is 1.79. The largest absolute Gasteiger partial charge is 0.322 e. The van der Waals surface area contributed by atoms with Gasteiger partial charge in [0.25, 0.3) is 15.9 Å². The number of hydrogen-bond acceptors (Lipinski definition) is 5. The summed E-state index contributed by atoms with van der Waals surface area (Å²) >= 11 is 0. The van der Waals surface area contributed by atoms with Crippen LogP contribution < -0.4 is 5.32 Å². The monoisotopic (exact) mass is 421 g/mol. The van der Waals surface area contributed by atoms with Crippen molar-refractivity contribution in [2.75, 3.05) is 19.5 Å². The Hall–Kier alpha value is -3.51. The van der Waals surface area contributed by atoms with Gasteiger partial charge in [0.15, 0.2) is 0 Å². The van der Waals surface area contributed by atoms with E-state index in [2.05, 4.69) is 22.1 Å². The maximum atomic E-state index is 12.6. The summed E-state index contributed by atoms with van der Waals surface area (Å²) in [6.45, 7) is 0. The smallest absolute Gasteiger partial charge is 0.264 e. The normalized spacial score (nSPS) is 10.9. The van der Waals surface area contributed by atoms with E-state index in [9.17, 15) is 13.2 Å². The van der Waals surface area contributed by atoms with Crippen molar-refractivity contribution in [1.29, 1.82) is 0 Å². The van der Waals surface area contributed by atoms with Crippen LogP contribution in [0.25, 0.3) is 0 Å². The lowest BCUT2D eigenvalue weighted by Gasteiger charge is -2.14. The first-order valence-corrected chi connectivity index (χ1v) is 10.3. The SMILES string of the molecule is CON(C)S(=O)(=O)c1cccc(C(=O)Nc2cccc(C#Cc3ccccn3)c2)c1. The number of carbonyl (C=O) groups excluding carboxylic acids is 1. The molecule has 3 rings (SSSR count). The number of benzene rings is 2. The minimum atomic E-state index is -3.85. The molecule has 1 N–H and O–H groups in total. The molecule has 1 amide bonds. The van der Waals surface area contributed by atoms with Crippen molar-refractivity contribution in [2.24, 2.45) is 0 Å². The van der Waals surface area contributed by atoms with Crippen molar-refractivity contribution in [3.8, 4) is 11.8 Å². The summed E-state index contributed by atoms with van der Waals surface area (Å²) in [6.07, 6.45) is 1.67. The molecule has 0 saturated carbocycles. The molecule has 0 spiro atoms. The molecule has 0 unspecified atom stereocenters. The van der Waals surface area contributed by atoms with E-state index in [0.29, 0.717) is 16.9 Å². The number of hydrogen-bond donors (Lipinski definition) is 1. The third kappa shape index (κ3) is 5.10. The summed E-state index contributed by atoms with van der Waals surface area (Å²) in [6, 6.07) is 18.2. The molecule has 3 aromatic rings. The number of nitrogens with one attached hydrogen (secondary N) is 1. The van der Waals surface area contributed by atoms with Gasteiger partial charge >= 0.3 is 0 Å². The first-order valence-electron chi connectivity index (χ1n) is 8.88. The van der Waals surface area contributed by atoms with Gasteiger partial charge in [-0.2, -0.15) is 0 Å². The van der Waals surface area contributed by atoms with Crippen LogP contribution in [0.15, 0.2) is 77.8 Å². The number of nitrogens with zero attached hydrogens (tertiary/aromatic N) is 2. The van der Waals surface area contributed by atoms with Crippen LogP contribution in [-0.4, -0.2) is 37.9 Å². The minimum Gasteiger partial charge on any atom is -0.322 e. The van der Waals surface area contributed by atoms with E-state index in [0.717, 1.165) is 4.47 Å². The van der Waals surface area contributed by atoms with Gasteiger partial charge in [0.1, 0.15) is 5.69 Å². The fourth-order valence-corrected chi connectivity index (χ4v) is 3.51. The van der Waals surface area contributed by atoms with Gasteiger partial charge in [0, 0.05) is 30.1 Å². The molecule has 0 radical (unpaired) electrons. The van der Waals surface area contributed by atoms with E-state index in [4.69, 9.17) is 4.84 Å². The standard InChI is InChI=1S/C22H19N3O4S/c1-25(29-2)30(27,28)21-11-6-8-18(16-21)22(26)24-20-10-5-7-17(15-20)12-13-19-9-3-4-14-23-19/h3-11,14-16H,1-2H3,(H,24,26). The highest BCUT2D eigenvalue weighted by Crippen LogP contribution is 2.18. The molecule has 0 atom stereocenters. The molecule has 7 nitrogen and oxygen atoms in total. The van der Waals surface area contributed by atoms with Crippen LogP contribution in [0.2, 0.25) is 0 Å². The van der Waals surface area contributed by atoms with Crippen LogP contribution in [0.3, 0.4) is 0 Å². The molecule has 0 aliphatic carbocycles. The predicted molar refractivity (Wildman–Crippen MR) is 113 cm³/mol. The molecule has 0 saturated heterocycles. The summed E-state index contributed by atoms with van der Waals surface area (Å²) < 4.78 is 25.5. The molecular formula is C22H19N3O4S. The summed E-state index contributed by atoms with van der Waals surface area (Å²) in [5, 5.41) is 2.76. The van der Waals surface area contributed by atoms with Gasteiger partial charge < -0.3 is 5.32 Å². The van der Waals surface area contributed by atoms with Gasteiger partial charge in [-0.25, -0.2) is 13.4 Å². The molecule has 1 aromatic heterocycles. The van der Waals surface area contributed by atoms with Gasteiger partial charge in [0.05, 0.1) is 12.0 Å². The number of pyridine rings is 1. The predicted octanol–water partition coefficient (Wildman–Crippen LogP) is 2.92. The van der Waals surface area contributed by atoms with Gasteiger partial charge in [-0.05, 0) is 54.5 Å². The molecule has 152 valence electrons. The Labute approximate surface area is 175 Å². The second-order valence-electron chi connectivity index (χ2n) is 6.13. The maximum Gasteiger partial charge on any atom is 0.264 e. The van der Waals surface area contributed by atoms with Crippen molar-refractivity contribution in [2.45, 2.75) is 4.90 Å². The zero-order chi connectivity index (χ0) is 21.6. The molecule has 2 aromatic carbocycles. The van der Waals surface area contributed by atoms with Gasteiger partial charge in [-0.15, -0.1) is 0 Å². The van der Waals surface area contributed by atoms with E-state index < -0.39 is 15.9 Å². The van der Waals surface area contributed by atoms with Crippen LogP contribution >= 0.6 is 0 Å². The molecule has 0 aliphatic rings. The highest BCUT2D eigenvalue weighted by atomic mass is 32.2. The van der Waals surface area contributed by atoms with E-state index in [1.807, 2.05) is 18.2 Å². The van der Waals surface area contributed by atoms with Crippen LogP contribution in [0.4, 0.5) is 5.69 Å². The molecule has 30 heavy (non-hydrogen) atoms. The number of rotatable bonds is 5. The van der Waals surface area contributed by atoms with Crippen molar-refractivity contribution < 1.29 is 18.0 Å². The highest BCUT2D eigenvalue weighted by Gasteiger charge is 2.21. The van der Waals surface area contributed by atoms with Gasteiger partial charge in [-0.1, -0.05) is 28.6 Å². The van der Waals surface area contributed by atoms with Crippen molar-refractivity contribution in [1.82, 2.24) is 9.45 Å². The quantitative estimate of drug-likeness (QED) is 0.506. The average Bonchev–Trinajstić information content (AvgIpc) is 2.78. The molecule has 1 heterocycles. The number of carbonyl (C=O) groups is 1. The summed E-state index contributed by atoms with van der Waals surface area (Å²) in [5.74, 6) is 5.51. The Morgan fingerprint density at radius 3 is 2.57 bits per heavy atom. The third-order valence-corrected chi connectivity index (χ3v) is 5.79. The second kappa shape index (κ2) is 9.33. The van der Waals surface area contributed by atoms with Crippen LogP contribution in [-0.2, 0) is 14.9 Å². The minimum absolute atomic E-state index is 0.0468. The highest BCUT2D eigenvalue weighted by molar-refractivity contribution is 7.89. The first-order chi connectivity index (χ1) is 14.4. The lowest BCUT2D eigenvalue weighted by Crippen LogP contribution is -2.26. The Morgan fingerprint density at radius 2 is 1.83 bits per heavy atom. The topological polar surface area (TPSA) is 88.6 Å². The van der Waals surface area contributed by atoms with Crippen molar-refractivity contribution in [3.05, 3.63) is 89.7 Å². The Kier molecular flexibility index (Phi) is 6.59. The van der Waals surface area contributed by atoms with Crippen LogP contribution in [0.5, 0.6) is 0 Å². The fourth-order valence-electron chi connectivity index (χ4n) is 2.50. The van der Waals surface area contributed by atoms with Crippen LogP contribution in [0, 0.1) is 11.8 Å². The lowest BCUT2D eigenvalue weighted by molar-refractivity contribution is -0.0258.